The van der Waals surface area contributed by atoms with Gasteiger partial charge in [0, 0.05) is 17.0 Å². The highest BCUT2D eigenvalue weighted by molar-refractivity contribution is 6.30. The smallest absolute Gasteiger partial charge is 0.352 e. The molecule has 1 N–H and O–H groups in total. The molecule has 0 spiro atoms. The van der Waals surface area contributed by atoms with E-state index in [1.54, 1.807) is 49.4 Å². The number of halogens is 1. The molecule has 0 fully saturated rings. The second-order valence-electron chi connectivity index (χ2n) is 9.25. The lowest BCUT2D eigenvalue weighted by Gasteiger charge is -2.28. The zero-order valence-corrected chi connectivity index (χ0v) is 20.8. The summed E-state index contributed by atoms with van der Waals surface area (Å²) in [4.78, 5) is 12.2. The number of aliphatic carboxylic acids is 1. The van der Waals surface area contributed by atoms with Crippen LogP contribution >= 0.6 is 11.6 Å². The Kier molecular flexibility index (Phi) is 8.11. The third-order valence-corrected chi connectivity index (χ3v) is 5.73. The Labute approximate surface area is 206 Å². The van der Waals surface area contributed by atoms with Gasteiger partial charge in [0.15, 0.2) is 0 Å². The number of carboxylic acid groups (broad SMARTS) is 1. The number of hydrogen-bond donors (Lipinski definition) is 1. The molecule has 0 amide bonds. The molecule has 0 aliphatic rings. The third-order valence-electron chi connectivity index (χ3n) is 5.48. The van der Waals surface area contributed by atoms with E-state index in [0.717, 1.165) is 11.3 Å². The minimum Gasteiger partial charge on any atom is -0.493 e. The fourth-order valence-electron chi connectivity index (χ4n) is 3.33. The van der Waals surface area contributed by atoms with Crippen molar-refractivity contribution >= 4 is 17.6 Å². The van der Waals surface area contributed by atoms with Crippen molar-refractivity contribution in [3.05, 3.63) is 88.9 Å². The van der Waals surface area contributed by atoms with Gasteiger partial charge in [0.25, 0.3) is 0 Å². The Morgan fingerprint density at radius 1 is 0.794 bits per heavy atom. The molecule has 0 aliphatic heterocycles. The van der Waals surface area contributed by atoms with Gasteiger partial charge in [-0.05, 0) is 66.4 Å². The van der Waals surface area contributed by atoms with E-state index < -0.39 is 11.6 Å². The second kappa shape index (κ2) is 10.8. The molecular formula is C28H31ClO5. The fourth-order valence-corrected chi connectivity index (χ4v) is 3.45. The number of rotatable bonds is 10. The highest BCUT2D eigenvalue weighted by Crippen LogP contribution is 2.32. The lowest BCUT2D eigenvalue weighted by molar-refractivity contribution is -0.154. The SMILES string of the molecule is CC(C)(C)c1cccc(OC(C)(C(=O)O)c2ccc(OCCCOc3ccc(Cl)cc3)cc2)c1. The van der Waals surface area contributed by atoms with E-state index in [1.807, 2.05) is 30.3 Å². The van der Waals surface area contributed by atoms with Crippen LogP contribution in [0.15, 0.2) is 72.8 Å². The first-order valence-electron chi connectivity index (χ1n) is 11.2. The van der Waals surface area contributed by atoms with E-state index in [2.05, 4.69) is 20.8 Å². The molecule has 3 aromatic carbocycles. The quantitative estimate of drug-likeness (QED) is 0.319. The van der Waals surface area contributed by atoms with Crippen LogP contribution in [-0.4, -0.2) is 24.3 Å². The average molecular weight is 483 g/mol. The van der Waals surface area contributed by atoms with Crippen molar-refractivity contribution in [1.29, 1.82) is 0 Å². The van der Waals surface area contributed by atoms with Crippen molar-refractivity contribution in [2.45, 2.75) is 45.1 Å². The summed E-state index contributed by atoms with van der Waals surface area (Å²) >= 11 is 5.87. The lowest BCUT2D eigenvalue weighted by atomic mass is 9.87. The van der Waals surface area contributed by atoms with Crippen LogP contribution in [0.25, 0.3) is 0 Å². The van der Waals surface area contributed by atoms with Gasteiger partial charge in [-0.3, -0.25) is 0 Å². The number of ether oxygens (including phenoxy) is 3. The van der Waals surface area contributed by atoms with E-state index in [-0.39, 0.29) is 5.41 Å². The largest absolute Gasteiger partial charge is 0.493 e. The molecule has 0 radical (unpaired) electrons. The number of benzene rings is 3. The van der Waals surface area contributed by atoms with Gasteiger partial charge in [0.05, 0.1) is 13.2 Å². The first-order chi connectivity index (χ1) is 16.1. The van der Waals surface area contributed by atoms with Gasteiger partial charge < -0.3 is 19.3 Å². The Morgan fingerprint density at radius 3 is 1.88 bits per heavy atom. The zero-order chi connectivity index (χ0) is 24.8. The minimum absolute atomic E-state index is 0.0716. The van der Waals surface area contributed by atoms with Gasteiger partial charge in [0.1, 0.15) is 17.2 Å². The van der Waals surface area contributed by atoms with Gasteiger partial charge in [-0.1, -0.05) is 56.6 Å². The van der Waals surface area contributed by atoms with E-state index in [1.165, 1.54) is 0 Å². The summed E-state index contributed by atoms with van der Waals surface area (Å²) in [6, 6.07) is 21.7. The molecule has 34 heavy (non-hydrogen) atoms. The first-order valence-corrected chi connectivity index (χ1v) is 11.6. The lowest BCUT2D eigenvalue weighted by Crippen LogP contribution is -2.38. The standard InChI is InChI=1S/C28H31ClO5/c1-27(2,3)21-7-5-8-25(19-21)34-28(4,26(30)31)20-9-13-23(14-10-20)32-17-6-18-33-24-15-11-22(29)12-16-24/h5,7-16,19H,6,17-18H2,1-4H3,(H,30,31). The van der Waals surface area contributed by atoms with Crippen LogP contribution in [0.4, 0.5) is 0 Å². The summed E-state index contributed by atoms with van der Waals surface area (Å²) in [7, 11) is 0. The highest BCUT2D eigenvalue weighted by Gasteiger charge is 2.38. The molecule has 5 nitrogen and oxygen atoms in total. The molecule has 1 unspecified atom stereocenters. The van der Waals surface area contributed by atoms with E-state index in [0.29, 0.717) is 41.7 Å². The maximum atomic E-state index is 12.2. The summed E-state index contributed by atoms with van der Waals surface area (Å²) in [6.07, 6.45) is 0.699. The number of carboxylic acids is 1. The Morgan fingerprint density at radius 2 is 1.35 bits per heavy atom. The predicted octanol–water partition coefficient (Wildman–Crippen LogP) is 6.86. The minimum atomic E-state index is -1.54. The number of hydrogen-bond acceptors (Lipinski definition) is 4. The molecule has 0 saturated carbocycles. The molecule has 1 atom stereocenters. The Hall–Kier alpha value is -3.18. The summed E-state index contributed by atoms with van der Waals surface area (Å²) < 4.78 is 17.5. The van der Waals surface area contributed by atoms with Gasteiger partial charge >= 0.3 is 5.97 Å². The van der Waals surface area contributed by atoms with Gasteiger partial charge in [0.2, 0.25) is 5.60 Å². The summed E-state index contributed by atoms with van der Waals surface area (Å²) in [5.41, 5.74) is -0.0136. The maximum absolute atomic E-state index is 12.2. The van der Waals surface area contributed by atoms with Crippen molar-refractivity contribution in [2.24, 2.45) is 0 Å². The molecule has 3 aromatic rings. The monoisotopic (exact) mass is 482 g/mol. The van der Waals surface area contributed by atoms with Crippen LogP contribution in [-0.2, 0) is 15.8 Å². The topological polar surface area (TPSA) is 65.0 Å². The normalized spacial score (nSPS) is 13.1. The van der Waals surface area contributed by atoms with Crippen molar-refractivity contribution < 1.29 is 24.1 Å². The van der Waals surface area contributed by atoms with Crippen LogP contribution in [0.2, 0.25) is 5.02 Å². The Bertz CT molecular complexity index is 1090. The zero-order valence-electron chi connectivity index (χ0n) is 20.0. The van der Waals surface area contributed by atoms with Crippen LogP contribution in [0.1, 0.15) is 45.2 Å². The summed E-state index contributed by atoms with van der Waals surface area (Å²) in [5, 5.41) is 10.6. The van der Waals surface area contributed by atoms with Gasteiger partial charge in [-0.15, -0.1) is 0 Å². The molecule has 0 bridgehead atoms. The fraction of sp³-hybridized carbons (Fsp3) is 0.321. The molecule has 3 rings (SSSR count). The molecule has 0 aliphatic carbocycles. The van der Waals surface area contributed by atoms with Crippen molar-refractivity contribution in [2.75, 3.05) is 13.2 Å². The predicted molar refractivity (Wildman–Crippen MR) is 134 cm³/mol. The molecule has 0 heterocycles. The van der Waals surface area contributed by atoms with Crippen LogP contribution < -0.4 is 14.2 Å². The second-order valence-corrected chi connectivity index (χ2v) is 9.68. The molecule has 180 valence electrons. The first kappa shape index (κ1) is 25.4. The van der Waals surface area contributed by atoms with Crippen LogP contribution in [0.5, 0.6) is 17.2 Å². The highest BCUT2D eigenvalue weighted by atomic mass is 35.5. The van der Waals surface area contributed by atoms with Crippen molar-refractivity contribution in [1.82, 2.24) is 0 Å². The van der Waals surface area contributed by atoms with E-state index >= 15 is 0 Å². The Balaban J connectivity index is 1.59. The number of carbonyl (C=O) groups is 1. The van der Waals surface area contributed by atoms with Crippen LogP contribution in [0, 0.1) is 0 Å². The van der Waals surface area contributed by atoms with Crippen molar-refractivity contribution in [3.8, 4) is 17.2 Å². The average Bonchev–Trinajstić information content (AvgIpc) is 2.80. The molecule has 0 saturated heterocycles. The third kappa shape index (κ3) is 6.67. The summed E-state index contributed by atoms with van der Waals surface area (Å²) in [6.45, 7) is 8.85. The maximum Gasteiger partial charge on any atom is 0.352 e. The van der Waals surface area contributed by atoms with E-state index in [4.69, 9.17) is 25.8 Å². The van der Waals surface area contributed by atoms with Gasteiger partial charge in [-0.2, -0.15) is 0 Å². The van der Waals surface area contributed by atoms with Crippen LogP contribution in [0.3, 0.4) is 0 Å². The van der Waals surface area contributed by atoms with Gasteiger partial charge in [-0.25, -0.2) is 4.79 Å². The van der Waals surface area contributed by atoms with Crippen molar-refractivity contribution in [3.63, 3.8) is 0 Å². The molecule has 0 aromatic heterocycles. The molecular weight excluding hydrogens is 452 g/mol. The summed E-state index contributed by atoms with van der Waals surface area (Å²) in [5.74, 6) is 0.854. The van der Waals surface area contributed by atoms with E-state index in [9.17, 15) is 9.90 Å². The molecule has 6 heteroatoms.